The summed E-state index contributed by atoms with van der Waals surface area (Å²) in [6.45, 7) is 7.48. The van der Waals surface area contributed by atoms with Crippen molar-refractivity contribution in [2.24, 2.45) is 0 Å². The van der Waals surface area contributed by atoms with E-state index in [1.54, 1.807) is 0 Å². The largest absolute Gasteiger partial charge is 0.378 e. The predicted octanol–water partition coefficient (Wildman–Crippen LogP) is 2.23. The molecule has 3 heteroatoms. The van der Waals surface area contributed by atoms with E-state index in [-0.39, 0.29) is 0 Å². The topological polar surface area (TPSA) is 27.3 Å². The highest BCUT2D eigenvalue weighted by molar-refractivity contribution is 5.45. The number of rotatable bonds is 8. The Morgan fingerprint density at radius 2 is 1.83 bits per heavy atom. The summed E-state index contributed by atoms with van der Waals surface area (Å²) >= 11 is 0. The van der Waals surface area contributed by atoms with Crippen molar-refractivity contribution in [3.8, 4) is 0 Å². The molecule has 0 saturated heterocycles. The van der Waals surface area contributed by atoms with Gasteiger partial charge in [0.05, 0.1) is 0 Å². The fourth-order valence-electron chi connectivity index (χ4n) is 1.77. The van der Waals surface area contributed by atoms with Gasteiger partial charge in [0, 0.05) is 38.9 Å². The summed E-state index contributed by atoms with van der Waals surface area (Å²) in [5.74, 6) is 0. The Morgan fingerprint density at radius 3 is 2.39 bits per heavy atom. The molecule has 0 aliphatic rings. The van der Waals surface area contributed by atoms with E-state index in [0.29, 0.717) is 6.04 Å². The molecular weight excluding hydrogens is 222 g/mol. The Bertz CT molecular complexity index is 319. The van der Waals surface area contributed by atoms with E-state index in [4.69, 9.17) is 0 Å². The molecule has 0 bridgehead atoms. The van der Waals surface area contributed by atoms with Crippen LogP contribution in [0.5, 0.6) is 0 Å². The molecule has 0 aliphatic heterocycles. The van der Waals surface area contributed by atoms with Gasteiger partial charge in [-0.2, -0.15) is 0 Å². The van der Waals surface area contributed by atoms with Gasteiger partial charge in [-0.25, -0.2) is 0 Å². The second-order valence-electron chi connectivity index (χ2n) is 5.05. The van der Waals surface area contributed by atoms with Crippen LogP contribution in [0, 0.1) is 0 Å². The summed E-state index contributed by atoms with van der Waals surface area (Å²) in [6.07, 6.45) is 1.19. The molecule has 2 N–H and O–H groups in total. The summed E-state index contributed by atoms with van der Waals surface area (Å²) in [6, 6.07) is 9.21. The van der Waals surface area contributed by atoms with Gasteiger partial charge in [0.25, 0.3) is 0 Å². The Labute approximate surface area is 112 Å². The van der Waals surface area contributed by atoms with Gasteiger partial charge in [-0.1, -0.05) is 19.1 Å². The van der Waals surface area contributed by atoms with Gasteiger partial charge in [-0.15, -0.1) is 0 Å². The molecule has 0 fully saturated rings. The van der Waals surface area contributed by atoms with Gasteiger partial charge in [-0.05, 0) is 37.6 Å². The van der Waals surface area contributed by atoms with E-state index in [0.717, 1.165) is 19.6 Å². The van der Waals surface area contributed by atoms with Crippen LogP contribution in [0.1, 0.15) is 25.8 Å². The van der Waals surface area contributed by atoms with Gasteiger partial charge in [0.15, 0.2) is 0 Å². The van der Waals surface area contributed by atoms with Crippen molar-refractivity contribution in [3.05, 3.63) is 29.8 Å². The van der Waals surface area contributed by atoms with Gasteiger partial charge in [0.1, 0.15) is 0 Å². The van der Waals surface area contributed by atoms with E-state index in [2.05, 4.69) is 67.7 Å². The number of hydrogen-bond acceptors (Lipinski definition) is 3. The number of anilines is 1. The van der Waals surface area contributed by atoms with Crippen LogP contribution in [-0.2, 0) is 6.54 Å². The molecule has 0 spiro atoms. The minimum Gasteiger partial charge on any atom is -0.378 e. The lowest BCUT2D eigenvalue weighted by molar-refractivity contribution is 0.501. The zero-order chi connectivity index (χ0) is 13.4. The highest BCUT2D eigenvalue weighted by Crippen LogP contribution is 2.11. The van der Waals surface area contributed by atoms with Crippen LogP contribution in [0.3, 0.4) is 0 Å². The van der Waals surface area contributed by atoms with Crippen molar-refractivity contribution < 1.29 is 0 Å². The molecule has 1 rings (SSSR count). The average Bonchev–Trinajstić information content (AvgIpc) is 2.37. The van der Waals surface area contributed by atoms with E-state index in [9.17, 15) is 0 Å². The molecule has 1 aromatic rings. The summed E-state index contributed by atoms with van der Waals surface area (Å²) in [5, 5.41) is 6.96. The van der Waals surface area contributed by atoms with Crippen molar-refractivity contribution >= 4 is 5.69 Å². The molecule has 1 aromatic carbocycles. The molecule has 0 radical (unpaired) electrons. The van der Waals surface area contributed by atoms with E-state index >= 15 is 0 Å². The van der Waals surface area contributed by atoms with Gasteiger partial charge >= 0.3 is 0 Å². The van der Waals surface area contributed by atoms with Crippen molar-refractivity contribution in [1.29, 1.82) is 0 Å². The molecule has 0 aliphatic carbocycles. The first kappa shape index (κ1) is 15.0. The van der Waals surface area contributed by atoms with Crippen molar-refractivity contribution in [2.45, 2.75) is 32.9 Å². The molecule has 0 heterocycles. The normalized spacial score (nSPS) is 12.4. The SMILES string of the molecule is CCCNCC(C)NCc1ccc(N(C)C)cc1. The Balaban J connectivity index is 2.30. The second kappa shape index (κ2) is 8.11. The predicted molar refractivity (Wildman–Crippen MR) is 80.2 cm³/mol. The zero-order valence-electron chi connectivity index (χ0n) is 12.2. The lowest BCUT2D eigenvalue weighted by atomic mass is 10.2. The molecule has 102 valence electrons. The summed E-state index contributed by atoms with van der Waals surface area (Å²) in [4.78, 5) is 2.12. The lowest BCUT2D eigenvalue weighted by Crippen LogP contribution is -2.36. The molecule has 0 saturated carbocycles. The molecule has 18 heavy (non-hydrogen) atoms. The Morgan fingerprint density at radius 1 is 1.17 bits per heavy atom. The van der Waals surface area contributed by atoms with Crippen LogP contribution < -0.4 is 15.5 Å². The summed E-state index contributed by atoms with van der Waals surface area (Å²) in [7, 11) is 4.13. The number of nitrogens with one attached hydrogen (secondary N) is 2. The highest BCUT2D eigenvalue weighted by atomic mass is 15.1. The van der Waals surface area contributed by atoms with E-state index in [1.807, 2.05) is 0 Å². The summed E-state index contributed by atoms with van der Waals surface area (Å²) < 4.78 is 0. The fourth-order valence-corrected chi connectivity index (χ4v) is 1.77. The Kier molecular flexibility index (Phi) is 6.76. The minimum absolute atomic E-state index is 0.505. The first-order chi connectivity index (χ1) is 8.63. The maximum Gasteiger partial charge on any atom is 0.0361 e. The Hall–Kier alpha value is -1.06. The average molecular weight is 249 g/mol. The van der Waals surface area contributed by atoms with Crippen molar-refractivity contribution in [2.75, 3.05) is 32.1 Å². The monoisotopic (exact) mass is 249 g/mol. The first-order valence-corrected chi connectivity index (χ1v) is 6.83. The molecule has 1 unspecified atom stereocenters. The molecule has 3 nitrogen and oxygen atoms in total. The van der Waals surface area contributed by atoms with Crippen molar-refractivity contribution in [1.82, 2.24) is 10.6 Å². The maximum absolute atomic E-state index is 3.53. The third-order valence-electron chi connectivity index (χ3n) is 2.98. The molecule has 0 aromatic heterocycles. The zero-order valence-corrected chi connectivity index (χ0v) is 12.2. The quantitative estimate of drug-likeness (QED) is 0.692. The fraction of sp³-hybridized carbons (Fsp3) is 0.600. The molecular formula is C15H27N3. The lowest BCUT2D eigenvalue weighted by Gasteiger charge is -2.16. The van der Waals surface area contributed by atoms with Crippen LogP contribution in [0.15, 0.2) is 24.3 Å². The third kappa shape index (κ3) is 5.52. The first-order valence-electron chi connectivity index (χ1n) is 6.83. The van der Waals surface area contributed by atoms with Crippen molar-refractivity contribution in [3.63, 3.8) is 0 Å². The highest BCUT2D eigenvalue weighted by Gasteiger charge is 2.01. The van der Waals surface area contributed by atoms with Crippen LogP contribution in [0.25, 0.3) is 0 Å². The van der Waals surface area contributed by atoms with Crippen LogP contribution >= 0.6 is 0 Å². The maximum atomic E-state index is 3.53. The van der Waals surface area contributed by atoms with E-state index < -0.39 is 0 Å². The summed E-state index contributed by atoms with van der Waals surface area (Å²) in [5.41, 5.74) is 2.58. The van der Waals surface area contributed by atoms with Crippen LogP contribution in [0.4, 0.5) is 5.69 Å². The standard InChI is InChI=1S/C15H27N3/c1-5-10-16-11-13(2)17-12-14-6-8-15(9-7-14)18(3)4/h6-9,13,16-17H,5,10-12H2,1-4H3. The number of nitrogens with zero attached hydrogens (tertiary/aromatic N) is 1. The van der Waals surface area contributed by atoms with Gasteiger partial charge in [0.2, 0.25) is 0 Å². The van der Waals surface area contributed by atoms with Crippen LogP contribution in [0.2, 0.25) is 0 Å². The number of benzene rings is 1. The minimum atomic E-state index is 0.505. The molecule has 0 amide bonds. The number of hydrogen-bond donors (Lipinski definition) is 2. The smallest absolute Gasteiger partial charge is 0.0361 e. The third-order valence-corrected chi connectivity index (χ3v) is 2.98. The van der Waals surface area contributed by atoms with Gasteiger partial charge in [-0.3, -0.25) is 0 Å². The molecule has 1 atom stereocenters. The second-order valence-corrected chi connectivity index (χ2v) is 5.05. The van der Waals surface area contributed by atoms with Crippen LogP contribution in [-0.4, -0.2) is 33.2 Å². The van der Waals surface area contributed by atoms with Gasteiger partial charge < -0.3 is 15.5 Å². The van der Waals surface area contributed by atoms with E-state index in [1.165, 1.54) is 17.7 Å².